The average Bonchev–Trinajstić information content (AvgIpc) is 3.26. The Balaban J connectivity index is 1.54. The smallest absolute Gasteiger partial charge is 0.271 e. The van der Waals surface area contributed by atoms with Crippen LogP contribution < -0.4 is 14.8 Å². The Hall–Kier alpha value is -2.21. The molecule has 3 rings (SSSR count). The summed E-state index contributed by atoms with van der Waals surface area (Å²) in [5, 5.41) is 10.3. The molecule has 6 nitrogen and oxygen atoms in total. The van der Waals surface area contributed by atoms with Crippen LogP contribution in [0.4, 0.5) is 0 Å². The lowest BCUT2D eigenvalue weighted by Crippen LogP contribution is -2.30. The highest BCUT2D eigenvalue weighted by Gasteiger charge is 2.40. The molecule has 0 spiro atoms. The molecule has 25 heavy (non-hydrogen) atoms. The highest BCUT2D eigenvalue weighted by molar-refractivity contribution is 6.32. The number of amides is 1. The predicted octanol–water partition coefficient (Wildman–Crippen LogP) is 3.57. The summed E-state index contributed by atoms with van der Waals surface area (Å²) in [6.45, 7) is 3.11. The number of nitrogens with zero attached hydrogens (tertiary/aromatic N) is 1. The molecule has 1 aromatic heterocycles. The van der Waals surface area contributed by atoms with Gasteiger partial charge in [-0.15, -0.1) is 0 Å². The molecule has 2 aromatic rings. The summed E-state index contributed by atoms with van der Waals surface area (Å²) >= 11 is 6.14. The monoisotopic (exact) mass is 363 g/mol. The van der Waals surface area contributed by atoms with Crippen molar-refractivity contribution in [1.82, 2.24) is 15.5 Å². The Morgan fingerprint density at radius 1 is 1.40 bits per heavy atom. The first kappa shape index (κ1) is 17.6. The number of carbonyl (C=O) groups is 1. The van der Waals surface area contributed by atoms with E-state index >= 15 is 0 Å². The minimum Gasteiger partial charge on any atom is -0.497 e. The third-order valence-corrected chi connectivity index (χ3v) is 5.01. The number of hydrogen-bond acceptors (Lipinski definition) is 4. The van der Waals surface area contributed by atoms with Gasteiger partial charge in [0.15, 0.2) is 0 Å². The van der Waals surface area contributed by atoms with Crippen LogP contribution in [0.3, 0.4) is 0 Å². The minimum absolute atomic E-state index is 0.162. The number of carbonyl (C=O) groups excluding carboxylic acids is 1. The molecule has 1 amide bonds. The van der Waals surface area contributed by atoms with Crippen molar-refractivity contribution in [2.75, 3.05) is 13.7 Å². The number of H-pyrrole nitrogens is 1. The summed E-state index contributed by atoms with van der Waals surface area (Å²) < 4.78 is 10.8. The summed E-state index contributed by atoms with van der Waals surface area (Å²) in [4.78, 5) is 12.2. The average molecular weight is 364 g/mol. The highest BCUT2D eigenvalue weighted by atomic mass is 35.5. The van der Waals surface area contributed by atoms with Gasteiger partial charge in [0.05, 0.1) is 17.8 Å². The molecule has 0 bridgehead atoms. The van der Waals surface area contributed by atoms with Crippen molar-refractivity contribution < 1.29 is 14.3 Å². The number of benzene rings is 1. The van der Waals surface area contributed by atoms with Crippen molar-refractivity contribution in [3.8, 4) is 11.5 Å². The lowest BCUT2D eigenvalue weighted by Gasteiger charge is -2.12. The van der Waals surface area contributed by atoms with Gasteiger partial charge in [0.1, 0.15) is 23.8 Å². The van der Waals surface area contributed by atoms with Crippen molar-refractivity contribution in [3.05, 3.63) is 40.7 Å². The van der Waals surface area contributed by atoms with Crippen molar-refractivity contribution in [3.63, 3.8) is 0 Å². The zero-order chi connectivity index (χ0) is 17.9. The van der Waals surface area contributed by atoms with Gasteiger partial charge in [-0.3, -0.25) is 9.89 Å². The van der Waals surface area contributed by atoms with Crippen LogP contribution >= 0.6 is 11.6 Å². The van der Waals surface area contributed by atoms with E-state index in [9.17, 15) is 4.79 Å². The van der Waals surface area contributed by atoms with Crippen LogP contribution in [0.25, 0.3) is 0 Å². The molecule has 0 saturated heterocycles. The van der Waals surface area contributed by atoms with E-state index in [2.05, 4.69) is 22.4 Å². The molecule has 2 N–H and O–H groups in total. The van der Waals surface area contributed by atoms with E-state index in [0.717, 1.165) is 6.42 Å². The van der Waals surface area contributed by atoms with Crippen LogP contribution in [0, 0.1) is 5.41 Å². The summed E-state index contributed by atoms with van der Waals surface area (Å²) in [6, 6.07) is 6.89. The van der Waals surface area contributed by atoms with Crippen molar-refractivity contribution >= 4 is 17.5 Å². The zero-order valence-corrected chi connectivity index (χ0v) is 15.2. The first-order valence-electron chi connectivity index (χ1n) is 8.34. The van der Waals surface area contributed by atoms with E-state index in [1.165, 1.54) is 12.8 Å². The third-order valence-electron chi connectivity index (χ3n) is 4.72. The molecule has 0 unspecified atom stereocenters. The Morgan fingerprint density at radius 3 is 2.84 bits per heavy atom. The minimum atomic E-state index is -0.162. The van der Waals surface area contributed by atoms with Gasteiger partial charge in [0, 0.05) is 12.6 Å². The second-order valence-corrected chi connectivity index (χ2v) is 6.81. The number of methoxy groups -OCH3 is 1. The second kappa shape index (κ2) is 7.35. The SMILES string of the molecule is CCC1(CNC(=O)c2cc(COc3ccc(OC)cc3Cl)[nH]n2)CC1. The molecule has 1 aliphatic rings. The van der Waals surface area contributed by atoms with Crippen LogP contribution in [0.5, 0.6) is 11.5 Å². The number of ether oxygens (including phenoxy) is 2. The van der Waals surface area contributed by atoms with Crippen LogP contribution in [0.2, 0.25) is 5.02 Å². The van der Waals surface area contributed by atoms with Crippen LogP contribution in [0.15, 0.2) is 24.3 Å². The molecule has 0 aliphatic heterocycles. The van der Waals surface area contributed by atoms with Gasteiger partial charge in [-0.2, -0.15) is 5.10 Å². The van der Waals surface area contributed by atoms with E-state index in [1.54, 1.807) is 31.4 Å². The Kier molecular flexibility index (Phi) is 5.18. The van der Waals surface area contributed by atoms with Crippen LogP contribution in [-0.2, 0) is 6.61 Å². The number of aromatic amines is 1. The van der Waals surface area contributed by atoms with E-state index in [4.69, 9.17) is 21.1 Å². The number of hydrogen-bond donors (Lipinski definition) is 2. The first-order chi connectivity index (χ1) is 12.0. The van der Waals surface area contributed by atoms with E-state index in [0.29, 0.717) is 39.9 Å². The fraction of sp³-hybridized carbons (Fsp3) is 0.444. The maximum atomic E-state index is 12.2. The maximum Gasteiger partial charge on any atom is 0.271 e. The molecular formula is C18H22ClN3O3. The van der Waals surface area contributed by atoms with Crippen molar-refractivity contribution in [2.45, 2.75) is 32.8 Å². The number of aromatic nitrogens is 2. The van der Waals surface area contributed by atoms with E-state index in [-0.39, 0.29) is 12.5 Å². The molecule has 1 saturated carbocycles. The van der Waals surface area contributed by atoms with Crippen molar-refractivity contribution in [2.24, 2.45) is 5.41 Å². The quantitative estimate of drug-likeness (QED) is 0.751. The van der Waals surface area contributed by atoms with Gasteiger partial charge in [0.2, 0.25) is 0 Å². The summed E-state index contributed by atoms with van der Waals surface area (Å²) in [5.41, 5.74) is 1.38. The summed E-state index contributed by atoms with van der Waals surface area (Å²) in [5.74, 6) is 1.05. The number of nitrogens with one attached hydrogen (secondary N) is 2. The normalized spacial score (nSPS) is 14.8. The largest absolute Gasteiger partial charge is 0.497 e. The fourth-order valence-corrected chi connectivity index (χ4v) is 2.85. The first-order valence-corrected chi connectivity index (χ1v) is 8.72. The molecule has 134 valence electrons. The lowest BCUT2D eigenvalue weighted by atomic mass is 10.0. The van der Waals surface area contributed by atoms with Gasteiger partial charge >= 0.3 is 0 Å². The van der Waals surface area contributed by atoms with Gasteiger partial charge in [0.25, 0.3) is 5.91 Å². The molecule has 1 aliphatic carbocycles. The summed E-state index contributed by atoms with van der Waals surface area (Å²) in [6.07, 6.45) is 3.47. The van der Waals surface area contributed by atoms with Crippen LogP contribution in [0.1, 0.15) is 42.4 Å². The Bertz CT molecular complexity index is 756. The van der Waals surface area contributed by atoms with Gasteiger partial charge < -0.3 is 14.8 Å². The van der Waals surface area contributed by atoms with Crippen molar-refractivity contribution in [1.29, 1.82) is 0 Å². The summed E-state index contributed by atoms with van der Waals surface area (Å²) in [7, 11) is 1.58. The molecule has 0 atom stereocenters. The zero-order valence-electron chi connectivity index (χ0n) is 14.4. The standard InChI is InChI=1S/C18H22ClN3O3/c1-3-18(6-7-18)11-20-17(23)15-8-12(21-22-15)10-25-16-5-4-13(24-2)9-14(16)19/h4-5,8-9H,3,6-7,10-11H2,1-2H3,(H,20,23)(H,21,22). The predicted molar refractivity (Wildman–Crippen MR) is 95.2 cm³/mol. The number of rotatable bonds is 8. The van der Waals surface area contributed by atoms with E-state index in [1.807, 2.05) is 0 Å². The number of halogens is 1. The third kappa shape index (κ3) is 4.25. The lowest BCUT2D eigenvalue weighted by molar-refractivity contribution is 0.0939. The Morgan fingerprint density at radius 2 is 2.20 bits per heavy atom. The molecule has 7 heteroatoms. The van der Waals surface area contributed by atoms with Gasteiger partial charge in [-0.1, -0.05) is 18.5 Å². The molecule has 0 radical (unpaired) electrons. The second-order valence-electron chi connectivity index (χ2n) is 6.40. The van der Waals surface area contributed by atoms with Gasteiger partial charge in [-0.05, 0) is 42.9 Å². The topological polar surface area (TPSA) is 76.2 Å². The Labute approximate surface area is 151 Å². The molecular weight excluding hydrogens is 342 g/mol. The molecule has 1 heterocycles. The maximum absolute atomic E-state index is 12.2. The molecule has 1 fully saturated rings. The highest BCUT2D eigenvalue weighted by Crippen LogP contribution is 2.47. The van der Waals surface area contributed by atoms with Gasteiger partial charge in [-0.25, -0.2) is 0 Å². The fourth-order valence-electron chi connectivity index (χ4n) is 2.62. The van der Waals surface area contributed by atoms with Crippen LogP contribution in [-0.4, -0.2) is 29.8 Å². The molecule has 1 aromatic carbocycles. The van der Waals surface area contributed by atoms with E-state index < -0.39 is 0 Å².